The van der Waals surface area contributed by atoms with E-state index in [1.165, 1.54) is 0 Å². The van der Waals surface area contributed by atoms with Gasteiger partial charge >= 0.3 is 11.7 Å². The maximum atomic E-state index is 11.5. The minimum Gasteiger partial charge on any atom is -0.466 e. The van der Waals surface area contributed by atoms with Gasteiger partial charge in [-0.2, -0.15) is 5.10 Å². The molecule has 1 heterocycles. The van der Waals surface area contributed by atoms with Crippen molar-refractivity contribution in [1.29, 1.82) is 0 Å². The number of esters is 1. The van der Waals surface area contributed by atoms with E-state index in [0.717, 1.165) is 0 Å². The van der Waals surface area contributed by atoms with Crippen LogP contribution in [0.2, 0.25) is 0 Å². The molecule has 112 valence electrons. The molecular weight excluding hydrogens is 262 g/mol. The first-order valence-corrected chi connectivity index (χ1v) is 6.86. The minimum atomic E-state index is -0.391. The first-order valence-electron chi connectivity index (χ1n) is 6.86. The highest BCUT2D eigenvalue weighted by molar-refractivity contribution is 5.69. The summed E-state index contributed by atoms with van der Waals surface area (Å²) in [5.41, 5.74) is 1.09. The third-order valence-corrected chi connectivity index (χ3v) is 3.09. The van der Waals surface area contributed by atoms with Crippen molar-refractivity contribution < 1.29 is 14.5 Å². The van der Waals surface area contributed by atoms with Gasteiger partial charge < -0.3 is 4.74 Å². The lowest BCUT2D eigenvalue weighted by atomic mass is 10.2. The summed E-state index contributed by atoms with van der Waals surface area (Å²) >= 11 is 0. The van der Waals surface area contributed by atoms with Crippen molar-refractivity contribution in [3.05, 3.63) is 21.5 Å². The van der Waals surface area contributed by atoms with Gasteiger partial charge in [-0.25, -0.2) is 0 Å². The van der Waals surface area contributed by atoms with E-state index in [4.69, 9.17) is 4.74 Å². The summed E-state index contributed by atoms with van der Waals surface area (Å²) in [7, 11) is 0. The van der Waals surface area contributed by atoms with Gasteiger partial charge in [0.2, 0.25) is 0 Å². The van der Waals surface area contributed by atoms with E-state index in [-0.39, 0.29) is 24.1 Å². The molecule has 0 aliphatic heterocycles. The van der Waals surface area contributed by atoms with Crippen LogP contribution in [0.3, 0.4) is 0 Å². The fraction of sp³-hybridized carbons (Fsp3) is 0.692. The number of carbonyl (C=O) groups excluding carboxylic acids is 1. The van der Waals surface area contributed by atoms with Gasteiger partial charge in [-0.15, -0.1) is 0 Å². The zero-order valence-corrected chi connectivity index (χ0v) is 12.4. The summed E-state index contributed by atoms with van der Waals surface area (Å²) in [5.74, 6) is -0.321. The van der Waals surface area contributed by atoms with Crippen molar-refractivity contribution in [2.24, 2.45) is 0 Å². The van der Waals surface area contributed by atoms with E-state index < -0.39 is 4.92 Å². The number of nitro groups is 1. The monoisotopic (exact) mass is 283 g/mol. The fourth-order valence-electron chi connectivity index (χ4n) is 2.20. The molecule has 0 saturated heterocycles. The topological polar surface area (TPSA) is 87.3 Å². The SMILES string of the molecule is CCOC(=O)CC(C)n1nc(CC)c([N+](=O)[O-])c1CC. The fourth-order valence-corrected chi connectivity index (χ4v) is 2.20. The predicted molar refractivity (Wildman–Crippen MR) is 73.6 cm³/mol. The maximum absolute atomic E-state index is 11.5. The zero-order valence-electron chi connectivity index (χ0n) is 12.4. The molecule has 1 aromatic rings. The Hall–Kier alpha value is -1.92. The summed E-state index contributed by atoms with van der Waals surface area (Å²) in [6.07, 6.45) is 1.14. The second-order valence-corrected chi connectivity index (χ2v) is 4.51. The van der Waals surface area contributed by atoms with Gasteiger partial charge in [0, 0.05) is 0 Å². The zero-order chi connectivity index (χ0) is 15.3. The van der Waals surface area contributed by atoms with Crippen LogP contribution in [0.15, 0.2) is 0 Å². The van der Waals surface area contributed by atoms with Crippen LogP contribution in [-0.2, 0) is 22.4 Å². The summed E-state index contributed by atoms with van der Waals surface area (Å²) in [5, 5.41) is 15.5. The maximum Gasteiger partial charge on any atom is 0.313 e. The van der Waals surface area contributed by atoms with E-state index >= 15 is 0 Å². The van der Waals surface area contributed by atoms with Crippen LogP contribution in [0.5, 0.6) is 0 Å². The highest BCUT2D eigenvalue weighted by Gasteiger charge is 2.28. The highest BCUT2D eigenvalue weighted by atomic mass is 16.6. The standard InChI is InChI=1S/C13H21N3O4/c1-5-10-13(16(18)19)11(6-2)15(14-10)9(4)8-12(17)20-7-3/h9H,5-8H2,1-4H3. The van der Waals surface area contributed by atoms with Gasteiger partial charge in [0.15, 0.2) is 0 Å². The van der Waals surface area contributed by atoms with E-state index in [0.29, 0.717) is 30.8 Å². The Balaban J connectivity index is 3.11. The minimum absolute atomic E-state index is 0.0747. The second kappa shape index (κ2) is 7.02. The molecule has 0 N–H and O–H groups in total. The van der Waals surface area contributed by atoms with Crippen LogP contribution in [0, 0.1) is 10.1 Å². The molecule has 7 heteroatoms. The lowest BCUT2D eigenvalue weighted by Crippen LogP contribution is -2.16. The number of hydrogen-bond acceptors (Lipinski definition) is 5. The van der Waals surface area contributed by atoms with Gasteiger partial charge in [-0.1, -0.05) is 13.8 Å². The molecule has 1 rings (SSSR count). The number of hydrogen-bond donors (Lipinski definition) is 0. The summed E-state index contributed by atoms with van der Waals surface area (Å²) in [6, 6.07) is -0.261. The van der Waals surface area contributed by atoms with Crippen LogP contribution >= 0.6 is 0 Å². The van der Waals surface area contributed by atoms with Gasteiger partial charge in [-0.3, -0.25) is 19.6 Å². The van der Waals surface area contributed by atoms with Gasteiger partial charge in [0.1, 0.15) is 11.4 Å². The average Bonchev–Trinajstić information content (AvgIpc) is 2.77. The molecule has 20 heavy (non-hydrogen) atoms. The number of aryl methyl sites for hydroxylation is 1. The molecule has 7 nitrogen and oxygen atoms in total. The van der Waals surface area contributed by atoms with E-state index in [9.17, 15) is 14.9 Å². The second-order valence-electron chi connectivity index (χ2n) is 4.51. The molecule has 0 fully saturated rings. The van der Waals surface area contributed by atoms with Gasteiger partial charge in [0.25, 0.3) is 0 Å². The first-order chi connectivity index (χ1) is 9.46. The largest absolute Gasteiger partial charge is 0.466 e. The summed E-state index contributed by atoms with van der Waals surface area (Å²) < 4.78 is 6.50. The smallest absolute Gasteiger partial charge is 0.313 e. The van der Waals surface area contributed by atoms with Crippen molar-refractivity contribution in [2.75, 3.05) is 6.61 Å². The number of ether oxygens (including phenoxy) is 1. The van der Waals surface area contributed by atoms with E-state index in [2.05, 4.69) is 5.10 Å². The third-order valence-electron chi connectivity index (χ3n) is 3.09. The molecule has 0 spiro atoms. The number of carbonyl (C=O) groups is 1. The quantitative estimate of drug-likeness (QED) is 0.435. The molecule has 1 aromatic heterocycles. The Bertz CT molecular complexity index is 496. The van der Waals surface area contributed by atoms with Crippen LogP contribution in [0.1, 0.15) is 51.5 Å². The number of aromatic nitrogens is 2. The highest BCUT2D eigenvalue weighted by Crippen LogP contribution is 2.28. The number of nitrogens with zero attached hydrogens (tertiary/aromatic N) is 3. The number of rotatable bonds is 7. The van der Waals surface area contributed by atoms with Crippen molar-refractivity contribution in [3.63, 3.8) is 0 Å². The molecular formula is C13H21N3O4. The van der Waals surface area contributed by atoms with Gasteiger partial charge in [0.05, 0.1) is 24.0 Å². The van der Waals surface area contributed by atoms with Crippen molar-refractivity contribution in [1.82, 2.24) is 9.78 Å². The van der Waals surface area contributed by atoms with Gasteiger partial charge in [-0.05, 0) is 26.7 Å². The first kappa shape index (κ1) is 16.1. The Morgan fingerprint density at radius 3 is 2.50 bits per heavy atom. The molecule has 0 aliphatic carbocycles. The summed E-state index contributed by atoms with van der Waals surface area (Å²) in [4.78, 5) is 22.3. The van der Waals surface area contributed by atoms with E-state index in [1.54, 1.807) is 11.6 Å². The molecule has 0 radical (unpaired) electrons. The molecule has 0 saturated carbocycles. The van der Waals surface area contributed by atoms with Crippen molar-refractivity contribution >= 4 is 11.7 Å². The molecule has 0 bridgehead atoms. The molecule has 0 aromatic carbocycles. The van der Waals surface area contributed by atoms with Crippen LogP contribution in [-0.4, -0.2) is 27.3 Å². The van der Waals surface area contributed by atoms with E-state index in [1.807, 2.05) is 20.8 Å². The molecule has 0 aliphatic rings. The molecule has 1 atom stereocenters. The Morgan fingerprint density at radius 2 is 2.05 bits per heavy atom. The normalized spacial score (nSPS) is 12.2. The third kappa shape index (κ3) is 3.34. The molecule has 1 unspecified atom stereocenters. The Labute approximate surface area is 118 Å². The lowest BCUT2D eigenvalue weighted by Gasteiger charge is -2.13. The summed E-state index contributed by atoms with van der Waals surface area (Å²) in [6.45, 7) is 7.55. The van der Waals surface area contributed by atoms with Crippen LogP contribution in [0.25, 0.3) is 0 Å². The average molecular weight is 283 g/mol. The Morgan fingerprint density at radius 1 is 1.40 bits per heavy atom. The van der Waals surface area contributed by atoms with Crippen LogP contribution < -0.4 is 0 Å². The molecule has 0 amide bonds. The predicted octanol–water partition coefficient (Wildman–Crippen LogP) is 2.43. The van der Waals surface area contributed by atoms with Crippen molar-refractivity contribution in [2.45, 2.75) is 53.0 Å². The van der Waals surface area contributed by atoms with Crippen molar-refractivity contribution in [3.8, 4) is 0 Å². The van der Waals surface area contributed by atoms with Crippen LogP contribution in [0.4, 0.5) is 5.69 Å². The Kier molecular flexibility index (Phi) is 5.66. The lowest BCUT2D eigenvalue weighted by molar-refractivity contribution is -0.386.